The van der Waals surface area contributed by atoms with Crippen LogP contribution in [-0.2, 0) is 7.05 Å². The van der Waals surface area contributed by atoms with Crippen molar-refractivity contribution >= 4 is 17.0 Å². The van der Waals surface area contributed by atoms with Crippen molar-refractivity contribution in [2.75, 3.05) is 0 Å². The van der Waals surface area contributed by atoms with Crippen LogP contribution < -0.4 is 0 Å². The van der Waals surface area contributed by atoms with Crippen molar-refractivity contribution in [3.8, 4) is 11.4 Å². The third-order valence-electron chi connectivity index (χ3n) is 2.54. The number of aromatic nitrogens is 6. The van der Waals surface area contributed by atoms with Crippen molar-refractivity contribution in [3.63, 3.8) is 0 Å². The third-order valence-corrected chi connectivity index (χ3v) is 2.54. The SMILES string of the molecule is Cn1cnc([N+](=O)[O-])c1-c1ncnc2nc[nH]c12. The van der Waals surface area contributed by atoms with Gasteiger partial charge in [0.1, 0.15) is 17.5 Å². The maximum absolute atomic E-state index is 10.9. The van der Waals surface area contributed by atoms with E-state index in [2.05, 4.69) is 24.9 Å². The first-order valence-electron chi connectivity index (χ1n) is 4.98. The van der Waals surface area contributed by atoms with Gasteiger partial charge in [-0.25, -0.2) is 15.0 Å². The molecule has 0 aliphatic rings. The number of nitrogens with one attached hydrogen (secondary N) is 1. The molecular weight excluding hydrogens is 238 g/mol. The number of fused-ring (bicyclic) bond motifs is 1. The molecule has 0 fully saturated rings. The highest BCUT2D eigenvalue weighted by Gasteiger charge is 2.25. The second kappa shape index (κ2) is 3.58. The van der Waals surface area contributed by atoms with Crippen LogP contribution in [0, 0.1) is 10.1 Å². The van der Waals surface area contributed by atoms with E-state index in [0.29, 0.717) is 22.6 Å². The molecule has 0 saturated heterocycles. The average molecular weight is 245 g/mol. The number of aryl methyl sites for hydroxylation is 1. The molecule has 0 radical (unpaired) electrons. The van der Waals surface area contributed by atoms with E-state index in [4.69, 9.17) is 0 Å². The monoisotopic (exact) mass is 245 g/mol. The molecule has 0 aliphatic heterocycles. The van der Waals surface area contributed by atoms with E-state index in [9.17, 15) is 10.1 Å². The molecule has 0 bridgehead atoms. The van der Waals surface area contributed by atoms with Gasteiger partial charge in [-0.15, -0.1) is 0 Å². The van der Waals surface area contributed by atoms with Crippen molar-refractivity contribution in [2.45, 2.75) is 0 Å². The lowest BCUT2D eigenvalue weighted by Crippen LogP contribution is -1.98. The predicted molar refractivity (Wildman–Crippen MR) is 60.5 cm³/mol. The Bertz CT molecular complexity index is 744. The van der Waals surface area contributed by atoms with Crippen LogP contribution >= 0.6 is 0 Å². The number of hydrogen-bond acceptors (Lipinski definition) is 6. The lowest BCUT2D eigenvalue weighted by molar-refractivity contribution is -0.388. The summed E-state index contributed by atoms with van der Waals surface area (Å²) in [5.74, 6) is -0.243. The topological polar surface area (TPSA) is 115 Å². The normalized spacial score (nSPS) is 10.9. The van der Waals surface area contributed by atoms with E-state index in [1.54, 1.807) is 11.6 Å². The van der Waals surface area contributed by atoms with Gasteiger partial charge in [-0.3, -0.25) is 0 Å². The fourth-order valence-corrected chi connectivity index (χ4v) is 1.77. The standard InChI is InChI=1S/C9H7N7O2/c1-15-4-14-9(16(17)18)7(15)5-6-8(12-2-10-5)13-3-11-6/h2-4H,1H3,(H,10,11,12,13). The smallest absolute Gasteiger partial charge is 0.358 e. The highest BCUT2D eigenvalue weighted by Crippen LogP contribution is 2.29. The molecule has 0 aliphatic carbocycles. The molecule has 3 heterocycles. The summed E-state index contributed by atoms with van der Waals surface area (Å²) in [6.07, 6.45) is 4.15. The number of nitro groups is 1. The molecule has 0 amide bonds. The van der Waals surface area contributed by atoms with E-state index in [0.717, 1.165) is 0 Å². The Morgan fingerprint density at radius 1 is 1.33 bits per heavy atom. The summed E-state index contributed by atoms with van der Waals surface area (Å²) >= 11 is 0. The van der Waals surface area contributed by atoms with E-state index < -0.39 is 4.92 Å². The van der Waals surface area contributed by atoms with Crippen LogP contribution in [-0.4, -0.2) is 34.4 Å². The molecule has 0 spiro atoms. The van der Waals surface area contributed by atoms with Crippen molar-refractivity contribution in [3.05, 3.63) is 29.1 Å². The average Bonchev–Trinajstić information content (AvgIpc) is 2.94. The summed E-state index contributed by atoms with van der Waals surface area (Å²) in [5, 5.41) is 10.9. The molecule has 3 rings (SSSR count). The van der Waals surface area contributed by atoms with Gasteiger partial charge in [0.05, 0.1) is 6.33 Å². The minimum Gasteiger partial charge on any atom is -0.358 e. The van der Waals surface area contributed by atoms with Gasteiger partial charge in [-0.1, -0.05) is 0 Å². The predicted octanol–water partition coefficient (Wildman–Crippen LogP) is 0.662. The summed E-state index contributed by atoms with van der Waals surface area (Å²) in [6.45, 7) is 0. The van der Waals surface area contributed by atoms with Gasteiger partial charge < -0.3 is 19.7 Å². The molecule has 0 atom stereocenters. The van der Waals surface area contributed by atoms with E-state index >= 15 is 0 Å². The second-order valence-corrected chi connectivity index (χ2v) is 3.61. The number of nitrogens with zero attached hydrogens (tertiary/aromatic N) is 6. The van der Waals surface area contributed by atoms with Crippen LogP contribution in [0.3, 0.4) is 0 Å². The molecule has 18 heavy (non-hydrogen) atoms. The molecule has 9 nitrogen and oxygen atoms in total. The molecule has 9 heteroatoms. The van der Waals surface area contributed by atoms with Crippen molar-refractivity contribution < 1.29 is 4.92 Å². The first-order chi connectivity index (χ1) is 8.68. The summed E-state index contributed by atoms with van der Waals surface area (Å²) in [6, 6.07) is 0. The zero-order valence-electron chi connectivity index (χ0n) is 9.23. The zero-order valence-corrected chi connectivity index (χ0v) is 9.23. The van der Waals surface area contributed by atoms with Gasteiger partial charge in [0.2, 0.25) is 6.33 Å². The van der Waals surface area contributed by atoms with E-state index in [1.165, 1.54) is 19.0 Å². The Hall–Kier alpha value is -2.84. The van der Waals surface area contributed by atoms with Gasteiger partial charge in [-0.05, 0) is 9.91 Å². The number of hydrogen-bond donors (Lipinski definition) is 1. The third kappa shape index (κ3) is 1.34. The Morgan fingerprint density at radius 3 is 2.94 bits per heavy atom. The number of imidazole rings is 2. The van der Waals surface area contributed by atoms with Crippen LogP contribution in [0.4, 0.5) is 5.82 Å². The summed E-state index contributed by atoms with van der Waals surface area (Å²) < 4.78 is 1.54. The van der Waals surface area contributed by atoms with Gasteiger partial charge >= 0.3 is 5.82 Å². The minimum absolute atomic E-state index is 0.243. The first kappa shape index (κ1) is 10.3. The lowest BCUT2D eigenvalue weighted by atomic mass is 10.2. The maximum Gasteiger partial charge on any atom is 0.391 e. The summed E-state index contributed by atoms with van der Waals surface area (Å²) in [7, 11) is 1.67. The zero-order chi connectivity index (χ0) is 12.7. The number of H-pyrrole nitrogens is 1. The fraction of sp³-hybridized carbons (Fsp3) is 0.111. The molecule has 0 unspecified atom stereocenters. The molecule has 1 N–H and O–H groups in total. The molecular formula is C9H7N7O2. The van der Waals surface area contributed by atoms with E-state index in [1.807, 2.05) is 0 Å². The van der Waals surface area contributed by atoms with Crippen molar-refractivity contribution in [1.29, 1.82) is 0 Å². The molecule has 0 aromatic carbocycles. The van der Waals surface area contributed by atoms with Crippen LogP contribution in [0.15, 0.2) is 19.0 Å². The van der Waals surface area contributed by atoms with Gasteiger partial charge in [0.15, 0.2) is 11.3 Å². The van der Waals surface area contributed by atoms with Crippen LogP contribution in [0.1, 0.15) is 0 Å². The fourth-order valence-electron chi connectivity index (χ4n) is 1.77. The van der Waals surface area contributed by atoms with Crippen LogP contribution in [0.2, 0.25) is 0 Å². The van der Waals surface area contributed by atoms with Crippen LogP contribution in [0.25, 0.3) is 22.6 Å². The van der Waals surface area contributed by atoms with Crippen molar-refractivity contribution in [1.82, 2.24) is 29.5 Å². The first-order valence-corrected chi connectivity index (χ1v) is 4.98. The molecule has 0 saturated carbocycles. The lowest BCUT2D eigenvalue weighted by Gasteiger charge is -2.01. The second-order valence-electron chi connectivity index (χ2n) is 3.61. The Morgan fingerprint density at radius 2 is 2.17 bits per heavy atom. The number of aromatic amines is 1. The quantitative estimate of drug-likeness (QED) is 0.523. The minimum atomic E-state index is -0.542. The Kier molecular flexibility index (Phi) is 2.06. The molecule has 3 aromatic heterocycles. The largest absolute Gasteiger partial charge is 0.391 e. The van der Waals surface area contributed by atoms with Gasteiger partial charge in [-0.2, -0.15) is 0 Å². The number of rotatable bonds is 2. The Balaban J connectivity index is 2.36. The summed E-state index contributed by atoms with van der Waals surface area (Å²) in [5.41, 5.74) is 1.72. The highest BCUT2D eigenvalue weighted by molar-refractivity contribution is 5.87. The highest BCUT2D eigenvalue weighted by atomic mass is 16.6. The maximum atomic E-state index is 10.9. The van der Waals surface area contributed by atoms with E-state index in [-0.39, 0.29) is 5.82 Å². The van der Waals surface area contributed by atoms with Gasteiger partial charge in [0, 0.05) is 7.05 Å². The molecule has 90 valence electrons. The van der Waals surface area contributed by atoms with Crippen molar-refractivity contribution in [2.24, 2.45) is 7.05 Å². The van der Waals surface area contributed by atoms with Gasteiger partial charge in [0.25, 0.3) is 0 Å². The molecule has 3 aromatic rings. The Labute approximate surface area is 99.7 Å². The van der Waals surface area contributed by atoms with Crippen LogP contribution in [0.5, 0.6) is 0 Å². The summed E-state index contributed by atoms with van der Waals surface area (Å²) in [4.78, 5) is 29.1.